The Morgan fingerprint density at radius 3 is 2.00 bits per heavy atom. The standard InChI is InChI=1S/C5H9Cl2N.ClH/c1-3(8)4-2-5(4,6)7;/h3-4H,2,8H2,1H3;1H/t3?,4-;/m1./s1. The number of alkyl halides is 2. The minimum atomic E-state index is -0.492. The van der Waals surface area contributed by atoms with Crippen LogP contribution in [0.3, 0.4) is 0 Å². The summed E-state index contributed by atoms with van der Waals surface area (Å²) in [6.07, 6.45) is 0.855. The van der Waals surface area contributed by atoms with Gasteiger partial charge < -0.3 is 5.73 Å². The predicted octanol–water partition coefficient (Wildman–Crippen LogP) is 1.95. The summed E-state index contributed by atoms with van der Waals surface area (Å²) in [6.45, 7) is 1.93. The lowest BCUT2D eigenvalue weighted by molar-refractivity contribution is 0.643. The van der Waals surface area contributed by atoms with Crippen LogP contribution in [-0.2, 0) is 0 Å². The van der Waals surface area contributed by atoms with E-state index in [1.54, 1.807) is 0 Å². The van der Waals surface area contributed by atoms with Crippen molar-refractivity contribution >= 4 is 35.6 Å². The number of hydrogen-bond donors (Lipinski definition) is 1. The summed E-state index contributed by atoms with van der Waals surface area (Å²) in [7, 11) is 0. The molecule has 0 aliphatic heterocycles. The molecule has 0 aromatic rings. The number of halogens is 3. The van der Waals surface area contributed by atoms with Crippen LogP contribution in [0.1, 0.15) is 13.3 Å². The Morgan fingerprint density at radius 1 is 1.67 bits per heavy atom. The van der Waals surface area contributed by atoms with Crippen molar-refractivity contribution in [1.82, 2.24) is 0 Å². The molecule has 56 valence electrons. The van der Waals surface area contributed by atoms with Crippen LogP contribution in [0.4, 0.5) is 0 Å². The molecule has 1 aliphatic rings. The van der Waals surface area contributed by atoms with Crippen molar-refractivity contribution in [3.63, 3.8) is 0 Å². The maximum Gasteiger partial charge on any atom is 0.123 e. The first-order valence-corrected chi connectivity index (χ1v) is 3.43. The lowest BCUT2D eigenvalue weighted by Gasteiger charge is -2.01. The van der Waals surface area contributed by atoms with Crippen LogP contribution < -0.4 is 5.73 Å². The Balaban J connectivity index is 0.000000640. The fourth-order valence-electron chi connectivity index (χ4n) is 0.805. The number of hydrogen-bond acceptors (Lipinski definition) is 1. The minimum absolute atomic E-state index is 0. The topological polar surface area (TPSA) is 26.0 Å². The van der Waals surface area contributed by atoms with Gasteiger partial charge in [0.2, 0.25) is 0 Å². The number of rotatable bonds is 1. The van der Waals surface area contributed by atoms with E-state index >= 15 is 0 Å². The van der Waals surface area contributed by atoms with Crippen molar-refractivity contribution in [2.75, 3.05) is 0 Å². The van der Waals surface area contributed by atoms with Gasteiger partial charge in [0.15, 0.2) is 0 Å². The number of nitrogens with two attached hydrogens (primary N) is 1. The Labute approximate surface area is 71.3 Å². The fourth-order valence-corrected chi connectivity index (χ4v) is 1.53. The normalized spacial score (nSPS) is 32.7. The monoisotopic (exact) mass is 189 g/mol. The summed E-state index contributed by atoms with van der Waals surface area (Å²) in [4.78, 5) is 0. The Morgan fingerprint density at radius 2 is 2.00 bits per heavy atom. The van der Waals surface area contributed by atoms with Gasteiger partial charge in [0.1, 0.15) is 4.33 Å². The second-order valence-electron chi connectivity index (χ2n) is 2.43. The van der Waals surface area contributed by atoms with Gasteiger partial charge in [-0.3, -0.25) is 0 Å². The first-order valence-electron chi connectivity index (χ1n) is 2.67. The second-order valence-corrected chi connectivity index (χ2v) is 3.97. The van der Waals surface area contributed by atoms with Gasteiger partial charge in [-0.05, 0) is 13.3 Å². The van der Waals surface area contributed by atoms with Gasteiger partial charge in [-0.15, -0.1) is 35.6 Å². The molecule has 2 atom stereocenters. The highest BCUT2D eigenvalue weighted by atomic mass is 35.5. The van der Waals surface area contributed by atoms with Crippen molar-refractivity contribution in [1.29, 1.82) is 0 Å². The molecule has 1 fully saturated rings. The van der Waals surface area contributed by atoms with E-state index in [0.717, 1.165) is 6.42 Å². The summed E-state index contributed by atoms with van der Waals surface area (Å²) in [5.74, 6) is 0.325. The highest BCUT2D eigenvalue weighted by Crippen LogP contribution is 2.54. The summed E-state index contributed by atoms with van der Waals surface area (Å²) < 4.78 is -0.492. The van der Waals surface area contributed by atoms with Crippen molar-refractivity contribution in [3.8, 4) is 0 Å². The summed E-state index contributed by atoms with van der Waals surface area (Å²) in [6, 6.07) is 0.144. The molecule has 0 amide bonds. The molecule has 0 heterocycles. The molecule has 1 nitrogen and oxygen atoms in total. The SMILES string of the molecule is CC(N)[C@H]1CC1(Cl)Cl.Cl. The zero-order chi connectivity index (χ0) is 6.36. The zero-order valence-corrected chi connectivity index (χ0v) is 7.43. The van der Waals surface area contributed by atoms with Crippen LogP contribution in [0.15, 0.2) is 0 Å². The van der Waals surface area contributed by atoms with E-state index in [1.165, 1.54) is 0 Å². The molecule has 4 heteroatoms. The first kappa shape index (κ1) is 9.83. The average molecular weight is 191 g/mol. The van der Waals surface area contributed by atoms with E-state index in [1.807, 2.05) is 6.92 Å². The zero-order valence-electron chi connectivity index (χ0n) is 5.10. The van der Waals surface area contributed by atoms with Crippen LogP contribution in [-0.4, -0.2) is 10.4 Å². The molecule has 1 aliphatic carbocycles. The van der Waals surface area contributed by atoms with Crippen molar-refractivity contribution in [2.24, 2.45) is 11.7 Å². The van der Waals surface area contributed by atoms with Gasteiger partial charge >= 0.3 is 0 Å². The van der Waals surface area contributed by atoms with Gasteiger partial charge in [-0.2, -0.15) is 0 Å². The van der Waals surface area contributed by atoms with Gasteiger partial charge in [0.25, 0.3) is 0 Å². The maximum absolute atomic E-state index is 5.69. The highest BCUT2D eigenvalue weighted by molar-refractivity contribution is 6.50. The summed E-state index contributed by atoms with van der Waals surface area (Å²) >= 11 is 11.4. The molecule has 1 unspecified atom stereocenters. The predicted molar refractivity (Wildman–Crippen MR) is 43.4 cm³/mol. The van der Waals surface area contributed by atoms with E-state index in [2.05, 4.69) is 0 Å². The Bertz CT molecular complexity index is 102. The van der Waals surface area contributed by atoms with Crippen LogP contribution in [0.25, 0.3) is 0 Å². The van der Waals surface area contributed by atoms with Crippen LogP contribution in [0, 0.1) is 5.92 Å². The molecule has 2 N–H and O–H groups in total. The van der Waals surface area contributed by atoms with E-state index in [9.17, 15) is 0 Å². The van der Waals surface area contributed by atoms with Crippen LogP contribution >= 0.6 is 35.6 Å². The summed E-state index contributed by atoms with van der Waals surface area (Å²) in [5, 5.41) is 0. The summed E-state index contributed by atoms with van der Waals surface area (Å²) in [5.41, 5.74) is 5.50. The van der Waals surface area contributed by atoms with Gasteiger partial charge in [0, 0.05) is 12.0 Å². The molecular formula is C5H10Cl3N. The highest BCUT2D eigenvalue weighted by Gasteiger charge is 2.53. The lowest BCUT2D eigenvalue weighted by Crippen LogP contribution is -2.20. The Hall–Kier alpha value is 0.830. The van der Waals surface area contributed by atoms with Crippen molar-refractivity contribution < 1.29 is 0 Å². The molecule has 9 heavy (non-hydrogen) atoms. The van der Waals surface area contributed by atoms with E-state index in [4.69, 9.17) is 28.9 Å². The molecule has 1 saturated carbocycles. The van der Waals surface area contributed by atoms with Crippen molar-refractivity contribution in [2.45, 2.75) is 23.7 Å². The maximum atomic E-state index is 5.69. The fraction of sp³-hybridized carbons (Fsp3) is 1.00. The molecule has 0 spiro atoms. The van der Waals surface area contributed by atoms with E-state index < -0.39 is 4.33 Å². The van der Waals surface area contributed by atoms with Crippen LogP contribution in [0.5, 0.6) is 0 Å². The minimum Gasteiger partial charge on any atom is -0.328 e. The molecular weight excluding hydrogens is 180 g/mol. The smallest absolute Gasteiger partial charge is 0.123 e. The van der Waals surface area contributed by atoms with Crippen LogP contribution in [0.2, 0.25) is 0 Å². The van der Waals surface area contributed by atoms with Gasteiger partial charge in [-0.25, -0.2) is 0 Å². The third kappa shape index (κ3) is 2.15. The molecule has 0 saturated heterocycles. The first-order chi connectivity index (χ1) is 3.54. The molecule has 0 radical (unpaired) electrons. The molecule has 0 bridgehead atoms. The second kappa shape index (κ2) is 2.83. The Kier molecular flexibility index (Phi) is 3.09. The molecule has 0 aromatic heterocycles. The van der Waals surface area contributed by atoms with E-state index in [0.29, 0.717) is 5.92 Å². The third-order valence-electron chi connectivity index (χ3n) is 1.51. The van der Waals surface area contributed by atoms with E-state index in [-0.39, 0.29) is 18.4 Å². The largest absolute Gasteiger partial charge is 0.328 e. The van der Waals surface area contributed by atoms with Gasteiger partial charge in [0.05, 0.1) is 0 Å². The molecule has 1 rings (SSSR count). The molecule has 0 aromatic carbocycles. The third-order valence-corrected chi connectivity index (χ3v) is 2.38. The quantitative estimate of drug-likeness (QED) is 0.629. The van der Waals surface area contributed by atoms with Crippen molar-refractivity contribution in [3.05, 3.63) is 0 Å². The lowest BCUT2D eigenvalue weighted by atomic mass is 10.2. The average Bonchev–Trinajstić information content (AvgIpc) is 2.13. The van der Waals surface area contributed by atoms with Gasteiger partial charge in [-0.1, -0.05) is 0 Å².